The van der Waals surface area contributed by atoms with Gasteiger partial charge in [-0.2, -0.15) is 0 Å². The van der Waals surface area contributed by atoms with Gasteiger partial charge in [0.1, 0.15) is 0 Å². The minimum atomic E-state index is 0.215. The van der Waals surface area contributed by atoms with Crippen LogP contribution in [-0.2, 0) is 4.79 Å². The molecule has 2 aliphatic rings. The van der Waals surface area contributed by atoms with Gasteiger partial charge in [0.2, 0.25) is 0 Å². The zero-order valence-electron chi connectivity index (χ0n) is 13.4. The van der Waals surface area contributed by atoms with Crippen LogP contribution >= 0.6 is 0 Å². The molecule has 0 spiro atoms. The monoisotopic (exact) mass is 260 g/mol. The molecule has 0 aromatic heterocycles. The Hall–Kier alpha value is -0.850. The molecule has 4 atom stereocenters. The molecule has 1 nitrogen and oxygen atoms in total. The second-order valence-electron chi connectivity index (χ2n) is 7.52. The van der Waals surface area contributed by atoms with Gasteiger partial charge in [-0.25, -0.2) is 0 Å². The molecule has 2 rings (SSSR count). The second-order valence-corrected chi connectivity index (χ2v) is 7.52. The summed E-state index contributed by atoms with van der Waals surface area (Å²) < 4.78 is 0. The van der Waals surface area contributed by atoms with Crippen molar-refractivity contribution in [2.75, 3.05) is 0 Å². The van der Waals surface area contributed by atoms with Gasteiger partial charge < -0.3 is 0 Å². The molecule has 0 amide bonds. The molecule has 0 saturated heterocycles. The maximum absolute atomic E-state index is 11.8. The zero-order chi connectivity index (χ0) is 14.5. The van der Waals surface area contributed by atoms with Gasteiger partial charge in [0.15, 0.2) is 5.78 Å². The summed E-state index contributed by atoms with van der Waals surface area (Å²) in [5.41, 5.74) is 2.45. The van der Waals surface area contributed by atoms with Gasteiger partial charge in [0.05, 0.1) is 0 Å². The van der Waals surface area contributed by atoms with Crippen molar-refractivity contribution in [2.24, 2.45) is 35.0 Å². The lowest BCUT2D eigenvalue weighted by molar-refractivity contribution is -0.113. The largest absolute Gasteiger partial charge is 0.295 e. The molecule has 0 N–H and O–H groups in total. The molecule has 0 unspecified atom stereocenters. The van der Waals surface area contributed by atoms with Gasteiger partial charge in [0, 0.05) is 5.57 Å². The maximum atomic E-state index is 11.8. The first-order chi connectivity index (χ1) is 8.67. The first kappa shape index (κ1) is 14.6. The fraction of sp³-hybridized carbons (Fsp3) is 0.722. The average molecular weight is 260 g/mol. The first-order valence-electron chi connectivity index (χ1n) is 7.59. The lowest BCUT2D eigenvalue weighted by Crippen LogP contribution is -2.26. The highest BCUT2D eigenvalue weighted by atomic mass is 16.1. The van der Waals surface area contributed by atoms with E-state index in [4.69, 9.17) is 0 Å². The van der Waals surface area contributed by atoms with E-state index in [0.29, 0.717) is 35.0 Å². The highest BCUT2D eigenvalue weighted by molar-refractivity contribution is 5.97. The number of hydrogen-bond acceptors (Lipinski definition) is 1. The van der Waals surface area contributed by atoms with E-state index in [0.717, 1.165) is 5.57 Å². The number of Topliss-reactive ketones (excluding diaryl/α,β-unsaturated/α-hetero) is 1. The Bertz CT molecular complexity index is 450. The van der Waals surface area contributed by atoms with E-state index in [1.165, 1.54) is 5.57 Å². The van der Waals surface area contributed by atoms with Crippen molar-refractivity contribution in [1.29, 1.82) is 0 Å². The lowest BCUT2D eigenvalue weighted by atomic mass is 9.71. The predicted octanol–water partition coefficient (Wildman–Crippen LogP) is 4.64. The van der Waals surface area contributed by atoms with Crippen LogP contribution in [0.4, 0.5) is 0 Å². The second kappa shape index (κ2) is 4.61. The molecule has 0 heterocycles. The van der Waals surface area contributed by atoms with Gasteiger partial charge >= 0.3 is 0 Å². The van der Waals surface area contributed by atoms with Crippen LogP contribution in [0.5, 0.6) is 0 Å². The molecule has 0 aromatic rings. The van der Waals surface area contributed by atoms with E-state index in [-0.39, 0.29) is 5.78 Å². The molecule has 1 heteroatoms. The quantitative estimate of drug-likeness (QED) is 0.706. The molecule has 1 fully saturated rings. The number of hydrogen-bond donors (Lipinski definition) is 0. The Morgan fingerprint density at radius 3 is 2.32 bits per heavy atom. The third-order valence-electron chi connectivity index (χ3n) is 5.83. The van der Waals surface area contributed by atoms with Gasteiger partial charge in [-0.15, -0.1) is 0 Å². The molecule has 19 heavy (non-hydrogen) atoms. The first-order valence-corrected chi connectivity index (χ1v) is 7.59. The Morgan fingerprint density at radius 1 is 1.26 bits per heavy atom. The molecule has 0 aromatic carbocycles. The van der Waals surface area contributed by atoms with Crippen LogP contribution in [0.15, 0.2) is 23.3 Å². The summed E-state index contributed by atoms with van der Waals surface area (Å²) >= 11 is 0. The summed E-state index contributed by atoms with van der Waals surface area (Å²) in [6, 6.07) is 0. The minimum absolute atomic E-state index is 0.215. The van der Waals surface area contributed by atoms with Crippen LogP contribution in [0, 0.1) is 35.0 Å². The Labute approximate surface area is 118 Å². The van der Waals surface area contributed by atoms with Crippen LogP contribution in [0.3, 0.4) is 0 Å². The molecule has 0 bridgehead atoms. The number of carbonyl (C=O) groups is 1. The fourth-order valence-corrected chi connectivity index (χ4v) is 4.51. The van der Waals surface area contributed by atoms with E-state index < -0.39 is 0 Å². The van der Waals surface area contributed by atoms with Gasteiger partial charge in [-0.1, -0.05) is 46.8 Å². The van der Waals surface area contributed by atoms with Crippen molar-refractivity contribution in [3.63, 3.8) is 0 Å². The Kier molecular flexibility index (Phi) is 3.53. The SMILES string of the molecule is CC(=O)C1=C[C@@H]2[C@H](C(C)C)[C@@H](C)C(C)(C)[C@H]2C=C1C. The fourth-order valence-electron chi connectivity index (χ4n) is 4.51. The molecule has 0 aliphatic heterocycles. The highest BCUT2D eigenvalue weighted by Gasteiger charge is 2.53. The third kappa shape index (κ3) is 2.11. The number of rotatable bonds is 2. The summed E-state index contributed by atoms with van der Waals surface area (Å²) in [4.78, 5) is 11.8. The Balaban J connectivity index is 2.49. The summed E-state index contributed by atoms with van der Waals surface area (Å²) in [6.07, 6.45) is 4.67. The molecular formula is C18H28O. The van der Waals surface area contributed by atoms with E-state index in [2.05, 4.69) is 53.7 Å². The standard InChI is InChI=1S/C18H28O/c1-10(2)17-12(4)18(6,7)16-8-11(3)14(13(5)19)9-15(16)17/h8-10,12,15-17H,1-7H3/t12-,15+,16+,17-/m1/s1. The summed E-state index contributed by atoms with van der Waals surface area (Å²) in [7, 11) is 0. The van der Waals surface area contributed by atoms with Crippen molar-refractivity contribution in [3.8, 4) is 0 Å². The van der Waals surface area contributed by atoms with Crippen molar-refractivity contribution in [1.82, 2.24) is 0 Å². The number of allylic oxidation sites excluding steroid dienone is 4. The van der Waals surface area contributed by atoms with Gasteiger partial charge in [0.25, 0.3) is 0 Å². The number of fused-ring (bicyclic) bond motifs is 1. The van der Waals surface area contributed by atoms with Crippen molar-refractivity contribution < 1.29 is 4.79 Å². The molecule has 106 valence electrons. The summed E-state index contributed by atoms with van der Waals surface area (Å²) in [5, 5.41) is 0. The van der Waals surface area contributed by atoms with Crippen LogP contribution in [0.1, 0.15) is 48.5 Å². The topological polar surface area (TPSA) is 17.1 Å². The maximum Gasteiger partial charge on any atom is 0.159 e. The lowest BCUT2D eigenvalue weighted by Gasteiger charge is -2.33. The third-order valence-corrected chi connectivity index (χ3v) is 5.83. The molecule has 2 aliphatic carbocycles. The van der Waals surface area contributed by atoms with E-state index in [1.807, 2.05) is 0 Å². The summed E-state index contributed by atoms with van der Waals surface area (Å²) in [5.74, 6) is 3.37. The average Bonchev–Trinajstić information content (AvgIpc) is 2.47. The van der Waals surface area contributed by atoms with Crippen LogP contribution in [0.2, 0.25) is 0 Å². The van der Waals surface area contributed by atoms with Gasteiger partial charge in [-0.05, 0) is 54.4 Å². The van der Waals surface area contributed by atoms with Crippen LogP contribution < -0.4 is 0 Å². The Morgan fingerprint density at radius 2 is 1.84 bits per heavy atom. The zero-order valence-corrected chi connectivity index (χ0v) is 13.4. The molecular weight excluding hydrogens is 232 g/mol. The van der Waals surface area contributed by atoms with E-state index in [9.17, 15) is 4.79 Å². The number of ketones is 1. The smallest absolute Gasteiger partial charge is 0.159 e. The van der Waals surface area contributed by atoms with E-state index in [1.54, 1.807) is 6.92 Å². The highest BCUT2D eigenvalue weighted by Crippen LogP contribution is 2.59. The predicted molar refractivity (Wildman–Crippen MR) is 80.8 cm³/mol. The summed E-state index contributed by atoms with van der Waals surface area (Å²) in [6.45, 7) is 15.6. The van der Waals surface area contributed by atoms with E-state index >= 15 is 0 Å². The normalized spacial score (nSPS) is 36.8. The minimum Gasteiger partial charge on any atom is -0.295 e. The van der Waals surface area contributed by atoms with Crippen LogP contribution in [-0.4, -0.2) is 5.78 Å². The van der Waals surface area contributed by atoms with Crippen molar-refractivity contribution in [3.05, 3.63) is 23.3 Å². The number of carbonyl (C=O) groups excluding carboxylic acids is 1. The molecule has 0 radical (unpaired) electrons. The van der Waals surface area contributed by atoms with Crippen molar-refractivity contribution >= 4 is 5.78 Å². The molecule has 1 saturated carbocycles. The van der Waals surface area contributed by atoms with Crippen molar-refractivity contribution in [2.45, 2.75) is 48.5 Å². The van der Waals surface area contributed by atoms with Crippen LogP contribution in [0.25, 0.3) is 0 Å². The van der Waals surface area contributed by atoms with Gasteiger partial charge in [-0.3, -0.25) is 4.79 Å².